The van der Waals surface area contributed by atoms with Crippen LogP contribution in [0.3, 0.4) is 0 Å². The minimum atomic E-state index is -0.0523. The number of carbonyl (C=O) groups is 1. The largest absolute Gasteiger partial charge is 0.457 e. The van der Waals surface area contributed by atoms with Crippen LogP contribution in [0.15, 0.2) is 40.9 Å². The Morgan fingerprint density at radius 3 is 2.37 bits per heavy atom. The third-order valence-corrected chi connectivity index (χ3v) is 3.66. The number of carbonyl (C=O) groups excluding carboxylic acids is 1. The normalized spacial score (nSPS) is 10.3. The molecule has 0 bridgehead atoms. The number of ketones is 1. The summed E-state index contributed by atoms with van der Waals surface area (Å²) in [6, 6.07) is 10.8. The SMILES string of the molecule is CC(=O)c1ccc(Oc2ccc(Br)c(C)c2)cc1N. The summed E-state index contributed by atoms with van der Waals surface area (Å²) in [6.07, 6.45) is 0. The van der Waals surface area contributed by atoms with Crippen molar-refractivity contribution < 1.29 is 9.53 Å². The number of halogens is 1. The van der Waals surface area contributed by atoms with Crippen LogP contribution in [0.25, 0.3) is 0 Å². The summed E-state index contributed by atoms with van der Waals surface area (Å²) in [6.45, 7) is 3.48. The molecular weight excluding hydrogens is 306 g/mol. The van der Waals surface area contributed by atoms with Gasteiger partial charge < -0.3 is 10.5 Å². The average Bonchev–Trinajstić information content (AvgIpc) is 2.33. The molecular formula is C15H14BrNO2. The fourth-order valence-corrected chi connectivity index (χ4v) is 1.99. The first-order valence-corrected chi connectivity index (χ1v) is 6.61. The molecule has 0 atom stereocenters. The predicted octanol–water partition coefficient (Wildman–Crippen LogP) is 4.33. The number of rotatable bonds is 3. The topological polar surface area (TPSA) is 52.3 Å². The lowest BCUT2D eigenvalue weighted by atomic mass is 10.1. The highest BCUT2D eigenvalue weighted by molar-refractivity contribution is 9.10. The quantitative estimate of drug-likeness (QED) is 0.676. The fraction of sp³-hybridized carbons (Fsp3) is 0.133. The van der Waals surface area contributed by atoms with Crippen LogP contribution in [0.1, 0.15) is 22.8 Å². The maximum absolute atomic E-state index is 11.3. The molecule has 3 nitrogen and oxygen atoms in total. The minimum Gasteiger partial charge on any atom is -0.457 e. The molecule has 0 saturated carbocycles. The first-order valence-electron chi connectivity index (χ1n) is 5.82. The molecule has 98 valence electrons. The number of nitrogen functional groups attached to an aromatic ring is 1. The van der Waals surface area contributed by atoms with Crippen LogP contribution in [0.2, 0.25) is 0 Å². The molecule has 19 heavy (non-hydrogen) atoms. The van der Waals surface area contributed by atoms with Gasteiger partial charge in [0.15, 0.2) is 5.78 Å². The molecule has 0 spiro atoms. The van der Waals surface area contributed by atoms with E-state index >= 15 is 0 Å². The highest BCUT2D eigenvalue weighted by Gasteiger charge is 2.07. The van der Waals surface area contributed by atoms with E-state index in [-0.39, 0.29) is 5.78 Å². The van der Waals surface area contributed by atoms with Gasteiger partial charge in [0, 0.05) is 21.8 Å². The van der Waals surface area contributed by atoms with Crippen molar-refractivity contribution in [3.05, 3.63) is 52.0 Å². The molecule has 0 unspecified atom stereocenters. The molecule has 0 aliphatic heterocycles. The molecule has 0 aromatic heterocycles. The van der Waals surface area contributed by atoms with E-state index < -0.39 is 0 Å². The van der Waals surface area contributed by atoms with Gasteiger partial charge in [0.05, 0.1) is 0 Å². The molecule has 2 aromatic carbocycles. The second kappa shape index (κ2) is 5.45. The second-order valence-electron chi connectivity index (χ2n) is 4.32. The number of anilines is 1. The van der Waals surface area contributed by atoms with Gasteiger partial charge in [-0.1, -0.05) is 15.9 Å². The van der Waals surface area contributed by atoms with E-state index in [1.54, 1.807) is 18.2 Å². The first kappa shape index (κ1) is 13.6. The Labute approximate surface area is 120 Å². The van der Waals surface area contributed by atoms with E-state index in [4.69, 9.17) is 10.5 Å². The number of ether oxygens (including phenoxy) is 1. The highest BCUT2D eigenvalue weighted by atomic mass is 79.9. The number of aryl methyl sites for hydroxylation is 1. The molecule has 0 aliphatic carbocycles. The van der Waals surface area contributed by atoms with Gasteiger partial charge in [-0.3, -0.25) is 4.79 Å². The van der Waals surface area contributed by atoms with E-state index in [0.717, 1.165) is 15.8 Å². The Morgan fingerprint density at radius 1 is 1.16 bits per heavy atom. The lowest BCUT2D eigenvalue weighted by Gasteiger charge is -2.09. The number of benzene rings is 2. The van der Waals surface area contributed by atoms with Crippen LogP contribution >= 0.6 is 15.9 Å². The average molecular weight is 320 g/mol. The zero-order valence-electron chi connectivity index (χ0n) is 10.7. The van der Waals surface area contributed by atoms with Crippen molar-refractivity contribution in [2.75, 3.05) is 5.73 Å². The summed E-state index contributed by atoms with van der Waals surface area (Å²) in [5.74, 6) is 1.29. The third-order valence-electron chi connectivity index (χ3n) is 2.77. The van der Waals surface area contributed by atoms with E-state index in [9.17, 15) is 4.79 Å². The van der Waals surface area contributed by atoms with Crippen LogP contribution in [-0.2, 0) is 0 Å². The molecule has 2 aromatic rings. The monoisotopic (exact) mass is 319 g/mol. The molecule has 0 radical (unpaired) electrons. The summed E-state index contributed by atoms with van der Waals surface area (Å²) < 4.78 is 6.75. The Morgan fingerprint density at radius 2 is 1.79 bits per heavy atom. The van der Waals surface area contributed by atoms with E-state index in [1.165, 1.54) is 6.92 Å². The molecule has 2 rings (SSSR count). The van der Waals surface area contributed by atoms with E-state index in [1.807, 2.05) is 25.1 Å². The van der Waals surface area contributed by atoms with Crippen molar-refractivity contribution in [2.45, 2.75) is 13.8 Å². The van der Waals surface area contributed by atoms with Gasteiger partial charge in [0.1, 0.15) is 11.5 Å². The number of hydrogen-bond donors (Lipinski definition) is 1. The Balaban J connectivity index is 2.26. The standard InChI is InChI=1S/C15H14BrNO2/c1-9-7-11(4-6-14(9)16)19-12-3-5-13(10(2)18)15(17)8-12/h3-8H,17H2,1-2H3. The lowest BCUT2D eigenvalue weighted by molar-refractivity contribution is 0.101. The molecule has 0 aliphatic rings. The summed E-state index contributed by atoms with van der Waals surface area (Å²) in [7, 11) is 0. The minimum absolute atomic E-state index is 0.0523. The maximum atomic E-state index is 11.3. The number of hydrogen-bond acceptors (Lipinski definition) is 3. The fourth-order valence-electron chi connectivity index (χ4n) is 1.74. The zero-order chi connectivity index (χ0) is 14.0. The van der Waals surface area contributed by atoms with Crippen LogP contribution in [0.5, 0.6) is 11.5 Å². The van der Waals surface area contributed by atoms with E-state index in [0.29, 0.717) is 17.0 Å². The number of Topliss-reactive ketones (excluding diaryl/α,β-unsaturated/α-hetero) is 1. The Kier molecular flexibility index (Phi) is 3.90. The summed E-state index contributed by atoms with van der Waals surface area (Å²) in [5.41, 5.74) is 7.85. The van der Waals surface area contributed by atoms with Gasteiger partial charge in [-0.2, -0.15) is 0 Å². The third kappa shape index (κ3) is 3.15. The van der Waals surface area contributed by atoms with Gasteiger partial charge >= 0.3 is 0 Å². The van der Waals surface area contributed by atoms with Crippen molar-refractivity contribution in [3.8, 4) is 11.5 Å². The van der Waals surface area contributed by atoms with Gasteiger partial charge in [-0.25, -0.2) is 0 Å². The number of nitrogens with two attached hydrogens (primary N) is 1. The van der Waals surface area contributed by atoms with Gasteiger partial charge in [0.25, 0.3) is 0 Å². The summed E-state index contributed by atoms with van der Waals surface area (Å²) in [4.78, 5) is 11.3. The maximum Gasteiger partial charge on any atom is 0.161 e. The zero-order valence-corrected chi connectivity index (χ0v) is 12.3. The van der Waals surface area contributed by atoms with Crippen molar-refractivity contribution in [1.29, 1.82) is 0 Å². The van der Waals surface area contributed by atoms with E-state index in [2.05, 4.69) is 15.9 Å². The summed E-state index contributed by atoms with van der Waals surface area (Å²) >= 11 is 3.44. The lowest BCUT2D eigenvalue weighted by Crippen LogP contribution is -1.99. The van der Waals surface area contributed by atoms with Crippen molar-refractivity contribution in [2.24, 2.45) is 0 Å². The Hall–Kier alpha value is -1.81. The molecule has 4 heteroatoms. The molecule has 0 fully saturated rings. The molecule has 0 saturated heterocycles. The van der Waals surface area contributed by atoms with Crippen LogP contribution < -0.4 is 10.5 Å². The van der Waals surface area contributed by atoms with Crippen LogP contribution in [-0.4, -0.2) is 5.78 Å². The van der Waals surface area contributed by atoms with Crippen molar-refractivity contribution >= 4 is 27.4 Å². The molecule has 0 amide bonds. The Bertz CT molecular complexity index is 638. The van der Waals surface area contributed by atoms with Crippen LogP contribution in [0.4, 0.5) is 5.69 Å². The highest BCUT2D eigenvalue weighted by Crippen LogP contribution is 2.28. The molecule has 0 heterocycles. The second-order valence-corrected chi connectivity index (χ2v) is 5.17. The van der Waals surface area contributed by atoms with Gasteiger partial charge in [-0.05, 0) is 49.7 Å². The van der Waals surface area contributed by atoms with Crippen molar-refractivity contribution in [1.82, 2.24) is 0 Å². The van der Waals surface area contributed by atoms with Crippen molar-refractivity contribution in [3.63, 3.8) is 0 Å². The predicted molar refractivity (Wildman–Crippen MR) is 79.8 cm³/mol. The molecule has 2 N–H and O–H groups in total. The first-order chi connectivity index (χ1) is 8.97. The summed E-state index contributed by atoms with van der Waals surface area (Å²) in [5, 5.41) is 0. The van der Waals surface area contributed by atoms with Gasteiger partial charge in [-0.15, -0.1) is 0 Å². The smallest absolute Gasteiger partial charge is 0.161 e. The van der Waals surface area contributed by atoms with Crippen LogP contribution in [0, 0.1) is 6.92 Å². The van der Waals surface area contributed by atoms with Gasteiger partial charge in [0.2, 0.25) is 0 Å².